The second-order valence-corrected chi connectivity index (χ2v) is 8.76. The average Bonchev–Trinajstić information content (AvgIpc) is 3.49. The van der Waals surface area contributed by atoms with Gasteiger partial charge in [-0.05, 0) is 54.4 Å². The Bertz CT molecular complexity index is 1110. The first-order chi connectivity index (χ1) is 16.0. The molecule has 2 atom stereocenters. The number of furan rings is 1. The Labute approximate surface area is 197 Å². The summed E-state index contributed by atoms with van der Waals surface area (Å²) in [6, 6.07) is 16.4. The molecule has 33 heavy (non-hydrogen) atoms. The molecule has 1 aliphatic rings. The van der Waals surface area contributed by atoms with Crippen molar-refractivity contribution >= 4 is 23.6 Å². The maximum Gasteiger partial charge on any atom is 0.251 e. The Hall–Kier alpha value is -3.39. The van der Waals surface area contributed by atoms with Gasteiger partial charge in [0.1, 0.15) is 11.1 Å². The number of hydrogen-bond acceptors (Lipinski definition) is 6. The van der Waals surface area contributed by atoms with E-state index in [0.717, 1.165) is 16.9 Å². The van der Waals surface area contributed by atoms with Crippen molar-refractivity contribution in [2.45, 2.75) is 24.9 Å². The molecule has 2 aromatic carbocycles. The van der Waals surface area contributed by atoms with Gasteiger partial charge in [-0.2, -0.15) is 0 Å². The minimum atomic E-state index is -0.219. The number of methoxy groups -OCH3 is 2. The molecule has 2 unspecified atom stereocenters. The highest BCUT2D eigenvalue weighted by atomic mass is 32.2. The molecule has 1 N–H and O–H groups in total. The Balaban J connectivity index is 1.43. The first-order valence-corrected chi connectivity index (χ1v) is 11.6. The van der Waals surface area contributed by atoms with Crippen molar-refractivity contribution in [1.29, 1.82) is 0 Å². The predicted molar refractivity (Wildman–Crippen MR) is 126 cm³/mol. The summed E-state index contributed by atoms with van der Waals surface area (Å²) in [7, 11) is 3.17. The number of amides is 2. The maximum absolute atomic E-state index is 12.8. The van der Waals surface area contributed by atoms with Gasteiger partial charge in [0.05, 0.1) is 38.8 Å². The largest absolute Gasteiger partial charge is 0.493 e. The van der Waals surface area contributed by atoms with Crippen LogP contribution in [0, 0.1) is 0 Å². The van der Waals surface area contributed by atoms with Crippen LogP contribution in [0.4, 0.5) is 0 Å². The van der Waals surface area contributed by atoms with Crippen LogP contribution in [-0.4, -0.2) is 36.7 Å². The van der Waals surface area contributed by atoms with Gasteiger partial charge in [0, 0.05) is 5.56 Å². The summed E-state index contributed by atoms with van der Waals surface area (Å²) in [6.45, 7) is 2.34. The van der Waals surface area contributed by atoms with Crippen LogP contribution in [0.2, 0.25) is 0 Å². The summed E-state index contributed by atoms with van der Waals surface area (Å²) in [5, 5.41) is 2.91. The van der Waals surface area contributed by atoms with Crippen molar-refractivity contribution in [2.24, 2.45) is 0 Å². The summed E-state index contributed by atoms with van der Waals surface area (Å²) in [5.41, 5.74) is 2.44. The fourth-order valence-electron chi connectivity index (χ4n) is 3.76. The van der Waals surface area contributed by atoms with Crippen LogP contribution in [0.15, 0.2) is 65.3 Å². The highest BCUT2D eigenvalue weighted by molar-refractivity contribution is 8.00. The minimum Gasteiger partial charge on any atom is -0.493 e. The fourth-order valence-corrected chi connectivity index (χ4v) is 4.94. The van der Waals surface area contributed by atoms with Crippen molar-refractivity contribution in [1.82, 2.24) is 10.2 Å². The second-order valence-electron chi connectivity index (χ2n) is 7.70. The number of benzene rings is 2. The Morgan fingerprint density at radius 3 is 2.58 bits per heavy atom. The van der Waals surface area contributed by atoms with Crippen LogP contribution in [0.1, 0.15) is 45.6 Å². The molecule has 172 valence electrons. The molecule has 0 radical (unpaired) electrons. The van der Waals surface area contributed by atoms with Gasteiger partial charge >= 0.3 is 0 Å². The summed E-state index contributed by atoms with van der Waals surface area (Å²) < 4.78 is 16.0. The molecule has 0 spiro atoms. The molecule has 4 rings (SSSR count). The van der Waals surface area contributed by atoms with E-state index in [1.165, 1.54) is 0 Å². The van der Waals surface area contributed by atoms with Gasteiger partial charge in [0.25, 0.3) is 5.91 Å². The molecule has 0 aliphatic carbocycles. The molecule has 1 saturated heterocycles. The molecule has 3 aromatic rings. The smallest absolute Gasteiger partial charge is 0.251 e. The standard InChI is InChI=1S/C25H26N2O5S/c1-16(19-10-11-21(30-2)22(13-19)31-3)26-24(29)17-6-8-18(9-7-17)25-27(23(28)15-33-25)14-20-5-4-12-32-20/h4-13,16,25H,14-15H2,1-3H3,(H,26,29). The number of rotatable bonds is 8. The summed E-state index contributed by atoms with van der Waals surface area (Å²) in [5.74, 6) is 2.33. The van der Waals surface area contributed by atoms with Gasteiger partial charge in [-0.25, -0.2) is 0 Å². The molecule has 0 bridgehead atoms. The van der Waals surface area contributed by atoms with Gasteiger partial charge in [-0.15, -0.1) is 11.8 Å². The zero-order valence-electron chi connectivity index (χ0n) is 18.7. The lowest BCUT2D eigenvalue weighted by atomic mass is 10.1. The predicted octanol–water partition coefficient (Wildman–Crippen LogP) is 4.56. The van der Waals surface area contributed by atoms with Gasteiger partial charge in [0.15, 0.2) is 11.5 Å². The van der Waals surface area contributed by atoms with E-state index in [9.17, 15) is 9.59 Å². The van der Waals surface area contributed by atoms with Crippen LogP contribution >= 0.6 is 11.8 Å². The molecule has 2 heterocycles. The Kier molecular flexibility index (Phi) is 6.93. The highest BCUT2D eigenvalue weighted by Crippen LogP contribution is 2.39. The van der Waals surface area contributed by atoms with E-state index >= 15 is 0 Å². The van der Waals surface area contributed by atoms with Crippen molar-refractivity contribution in [3.05, 3.63) is 83.3 Å². The molecular weight excluding hydrogens is 440 g/mol. The third kappa shape index (κ3) is 5.01. The van der Waals surface area contributed by atoms with Crippen molar-refractivity contribution < 1.29 is 23.5 Å². The zero-order chi connectivity index (χ0) is 23.4. The lowest BCUT2D eigenvalue weighted by Gasteiger charge is -2.23. The monoisotopic (exact) mass is 466 g/mol. The van der Waals surface area contributed by atoms with Crippen molar-refractivity contribution in [3.63, 3.8) is 0 Å². The van der Waals surface area contributed by atoms with Crippen LogP contribution in [0.25, 0.3) is 0 Å². The van der Waals surface area contributed by atoms with Crippen molar-refractivity contribution in [3.8, 4) is 11.5 Å². The number of hydrogen-bond donors (Lipinski definition) is 1. The summed E-state index contributed by atoms with van der Waals surface area (Å²) in [4.78, 5) is 27.0. The maximum atomic E-state index is 12.8. The van der Waals surface area contributed by atoms with E-state index in [-0.39, 0.29) is 23.2 Å². The molecular formula is C25H26N2O5S. The van der Waals surface area contributed by atoms with Crippen LogP contribution in [0.5, 0.6) is 11.5 Å². The van der Waals surface area contributed by atoms with Gasteiger partial charge < -0.3 is 24.1 Å². The first kappa shape index (κ1) is 22.8. The van der Waals surface area contributed by atoms with E-state index in [4.69, 9.17) is 13.9 Å². The molecule has 1 aliphatic heterocycles. The lowest BCUT2D eigenvalue weighted by Crippen LogP contribution is -2.28. The average molecular weight is 467 g/mol. The van der Waals surface area contributed by atoms with E-state index in [0.29, 0.717) is 29.4 Å². The van der Waals surface area contributed by atoms with E-state index < -0.39 is 0 Å². The minimum absolute atomic E-state index is 0.0759. The number of nitrogens with zero attached hydrogens (tertiary/aromatic N) is 1. The third-order valence-corrected chi connectivity index (χ3v) is 6.84. The number of ether oxygens (including phenoxy) is 2. The fraction of sp³-hybridized carbons (Fsp3) is 0.280. The van der Waals surface area contributed by atoms with Crippen LogP contribution in [-0.2, 0) is 11.3 Å². The Morgan fingerprint density at radius 1 is 1.15 bits per heavy atom. The molecule has 0 saturated carbocycles. The second kappa shape index (κ2) is 10.0. The highest BCUT2D eigenvalue weighted by Gasteiger charge is 2.33. The Morgan fingerprint density at radius 2 is 1.91 bits per heavy atom. The normalized spacial score (nSPS) is 16.5. The summed E-state index contributed by atoms with van der Waals surface area (Å²) in [6.07, 6.45) is 1.61. The zero-order valence-corrected chi connectivity index (χ0v) is 19.6. The first-order valence-electron chi connectivity index (χ1n) is 10.6. The molecule has 8 heteroatoms. The SMILES string of the molecule is COc1ccc(C(C)NC(=O)c2ccc(C3SCC(=O)N3Cc3ccco3)cc2)cc1OC. The number of thioether (sulfide) groups is 1. The third-order valence-electron chi connectivity index (χ3n) is 5.59. The number of carbonyl (C=O) groups is 2. The van der Waals surface area contributed by atoms with Gasteiger partial charge in [-0.1, -0.05) is 18.2 Å². The van der Waals surface area contributed by atoms with Gasteiger partial charge in [0.2, 0.25) is 5.91 Å². The van der Waals surface area contributed by atoms with Crippen LogP contribution in [0.3, 0.4) is 0 Å². The molecule has 1 fully saturated rings. The lowest BCUT2D eigenvalue weighted by molar-refractivity contribution is -0.128. The van der Waals surface area contributed by atoms with Gasteiger partial charge in [-0.3, -0.25) is 9.59 Å². The molecule has 1 aromatic heterocycles. The van der Waals surface area contributed by atoms with E-state index in [2.05, 4.69) is 5.32 Å². The topological polar surface area (TPSA) is 81.0 Å². The van der Waals surface area contributed by atoms with Crippen molar-refractivity contribution in [2.75, 3.05) is 20.0 Å². The van der Waals surface area contributed by atoms with E-state index in [1.807, 2.05) is 49.4 Å². The number of carbonyl (C=O) groups excluding carboxylic acids is 2. The quantitative estimate of drug-likeness (QED) is 0.524. The number of nitrogens with one attached hydrogen (secondary N) is 1. The van der Waals surface area contributed by atoms with E-state index in [1.54, 1.807) is 49.3 Å². The molecule has 2 amide bonds. The molecule has 7 nitrogen and oxygen atoms in total. The van der Waals surface area contributed by atoms with Crippen LogP contribution < -0.4 is 14.8 Å². The summed E-state index contributed by atoms with van der Waals surface area (Å²) >= 11 is 1.57.